The van der Waals surface area contributed by atoms with E-state index in [0.29, 0.717) is 17.9 Å². The van der Waals surface area contributed by atoms with Gasteiger partial charge in [0.2, 0.25) is 5.88 Å². The summed E-state index contributed by atoms with van der Waals surface area (Å²) in [6.07, 6.45) is -1.00. The van der Waals surface area contributed by atoms with Crippen LogP contribution in [0.5, 0.6) is 5.88 Å². The van der Waals surface area contributed by atoms with Crippen LogP contribution in [0.3, 0.4) is 0 Å². The average molecular weight is 392 g/mol. The normalized spacial score (nSPS) is 11.5. The minimum absolute atomic E-state index is 0.0501. The van der Waals surface area contributed by atoms with E-state index < -0.39 is 11.9 Å². The Hall–Kier alpha value is -3.17. The second-order valence-electron chi connectivity index (χ2n) is 5.97. The van der Waals surface area contributed by atoms with Crippen molar-refractivity contribution in [3.8, 4) is 17.3 Å². The number of nitrogens with zero attached hydrogens (tertiary/aromatic N) is 5. The van der Waals surface area contributed by atoms with Crippen LogP contribution < -0.4 is 10.1 Å². The van der Waals surface area contributed by atoms with Gasteiger partial charge in [-0.05, 0) is 18.6 Å². The Labute approximate surface area is 159 Å². The van der Waals surface area contributed by atoms with Crippen molar-refractivity contribution in [2.24, 2.45) is 7.05 Å². The number of anilines is 1. The molecule has 0 fully saturated rings. The fourth-order valence-corrected chi connectivity index (χ4v) is 2.81. The number of alkyl halides is 3. The molecule has 0 aliphatic carbocycles. The molecule has 1 N–H and O–H groups in total. The van der Waals surface area contributed by atoms with Gasteiger partial charge in [0.15, 0.2) is 11.5 Å². The summed E-state index contributed by atoms with van der Waals surface area (Å²) >= 11 is 0. The van der Waals surface area contributed by atoms with Crippen LogP contribution in [0.25, 0.3) is 11.4 Å². The maximum absolute atomic E-state index is 13.3. The largest absolute Gasteiger partial charge is 0.481 e. The lowest BCUT2D eigenvalue weighted by molar-refractivity contribution is -0.141. The molecule has 0 spiro atoms. The smallest absolute Gasteiger partial charge is 0.433 e. The molecule has 10 heteroatoms. The van der Waals surface area contributed by atoms with Crippen molar-refractivity contribution in [3.63, 3.8) is 0 Å². The average Bonchev–Trinajstić information content (AvgIpc) is 3.00. The third-order valence-electron chi connectivity index (χ3n) is 4.08. The molecule has 3 rings (SSSR count). The number of halogens is 3. The highest BCUT2D eigenvalue weighted by atomic mass is 19.4. The molecule has 3 aromatic heterocycles. The zero-order valence-corrected chi connectivity index (χ0v) is 15.6. The Bertz CT molecular complexity index is 956. The molecule has 0 aliphatic heterocycles. The Balaban J connectivity index is 1.96. The van der Waals surface area contributed by atoms with Gasteiger partial charge in [0.05, 0.1) is 18.4 Å². The number of pyridine rings is 1. The summed E-state index contributed by atoms with van der Waals surface area (Å²) in [6.45, 7) is 2.15. The van der Waals surface area contributed by atoms with Crippen LogP contribution in [0.4, 0.5) is 19.0 Å². The highest BCUT2D eigenvalue weighted by Gasteiger charge is 2.34. The fourth-order valence-electron chi connectivity index (χ4n) is 2.81. The molecule has 0 radical (unpaired) electrons. The topological polar surface area (TPSA) is 77.8 Å². The third-order valence-corrected chi connectivity index (χ3v) is 4.08. The molecule has 0 unspecified atom stereocenters. The Morgan fingerprint density at radius 3 is 2.64 bits per heavy atom. The molecule has 0 aromatic carbocycles. The van der Waals surface area contributed by atoms with Gasteiger partial charge >= 0.3 is 6.18 Å². The molecule has 3 aromatic rings. The van der Waals surface area contributed by atoms with Gasteiger partial charge in [-0.2, -0.15) is 18.3 Å². The molecule has 0 bridgehead atoms. The molecule has 0 atom stereocenters. The summed E-state index contributed by atoms with van der Waals surface area (Å²) in [4.78, 5) is 11.8. The summed E-state index contributed by atoms with van der Waals surface area (Å²) in [6, 6.07) is 4.10. The van der Waals surface area contributed by atoms with Gasteiger partial charge in [-0.3, -0.25) is 4.98 Å². The van der Waals surface area contributed by atoms with E-state index in [1.807, 2.05) is 6.92 Å². The minimum atomic E-state index is -4.60. The maximum Gasteiger partial charge on any atom is 0.433 e. The van der Waals surface area contributed by atoms with Gasteiger partial charge < -0.3 is 10.1 Å². The number of rotatable bonds is 6. The van der Waals surface area contributed by atoms with Crippen molar-refractivity contribution < 1.29 is 17.9 Å². The van der Waals surface area contributed by atoms with Gasteiger partial charge in [-0.15, -0.1) is 0 Å². The number of nitrogens with one attached hydrogen (secondary N) is 1. The molecular formula is C18H19F3N6O. The zero-order chi connectivity index (χ0) is 20.3. The number of methoxy groups -OCH3 is 1. The molecule has 0 aliphatic rings. The van der Waals surface area contributed by atoms with Crippen LogP contribution >= 0.6 is 0 Å². The summed E-state index contributed by atoms with van der Waals surface area (Å²) in [7, 11) is 3.27. The van der Waals surface area contributed by atoms with Crippen LogP contribution in [-0.4, -0.2) is 31.8 Å². The lowest BCUT2D eigenvalue weighted by Gasteiger charge is -2.12. The summed E-state index contributed by atoms with van der Waals surface area (Å²) in [5.74, 6) is 0.537. The fraction of sp³-hybridized carbons (Fsp3) is 0.333. The Morgan fingerprint density at radius 2 is 2.04 bits per heavy atom. The van der Waals surface area contributed by atoms with Crippen molar-refractivity contribution in [1.82, 2.24) is 24.7 Å². The van der Waals surface area contributed by atoms with Crippen molar-refractivity contribution in [1.29, 1.82) is 0 Å². The van der Waals surface area contributed by atoms with Crippen molar-refractivity contribution in [2.75, 3.05) is 12.4 Å². The van der Waals surface area contributed by atoms with E-state index in [-0.39, 0.29) is 18.2 Å². The standard InChI is InChI=1S/C18H19F3N6O/c1-4-13-12(17(28-3)27(2)26-13)10-23-15-8-14(18(19,20)21)24-16(25-15)11-6-5-7-22-9-11/h5-9H,4,10H2,1-3H3,(H,23,24,25). The van der Waals surface area contributed by atoms with Crippen LogP contribution in [0.15, 0.2) is 30.6 Å². The van der Waals surface area contributed by atoms with Gasteiger partial charge in [0.1, 0.15) is 5.82 Å². The Kier molecular flexibility index (Phi) is 5.48. The first-order valence-corrected chi connectivity index (χ1v) is 8.52. The first kappa shape index (κ1) is 19.6. The molecule has 7 nitrogen and oxygen atoms in total. The number of hydrogen-bond donors (Lipinski definition) is 1. The summed E-state index contributed by atoms with van der Waals surface area (Å²) in [5, 5.41) is 7.31. The predicted octanol–water partition coefficient (Wildman–Crippen LogP) is 3.47. The van der Waals surface area contributed by atoms with E-state index in [2.05, 4.69) is 25.4 Å². The van der Waals surface area contributed by atoms with Crippen LogP contribution in [0.1, 0.15) is 23.9 Å². The van der Waals surface area contributed by atoms with E-state index in [1.165, 1.54) is 19.5 Å². The molecule has 0 saturated heterocycles. The van der Waals surface area contributed by atoms with Gasteiger partial charge in [-0.1, -0.05) is 6.92 Å². The van der Waals surface area contributed by atoms with E-state index in [0.717, 1.165) is 17.3 Å². The number of aromatic nitrogens is 5. The van der Waals surface area contributed by atoms with E-state index in [9.17, 15) is 13.2 Å². The quantitative estimate of drug-likeness (QED) is 0.692. The third kappa shape index (κ3) is 4.05. The number of aryl methyl sites for hydroxylation is 2. The molecule has 0 amide bonds. The second-order valence-corrected chi connectivity index (χ2v) is 5.97. The second kappa shape index (κ2) is 7.83. The maximum atomic E-state index is 13.3. The highest BCUT2D eigenvalue weighted by molar-refractivity contribution is 5.56. The predicted molar refractivity (Wildman–Crippen MR) is 96.7 cm³/mol. The SMILES string of the molecule is CCc1nn(C)c(OC)c1CNc1cc(C(F)(F)F)nc(-c2cccnc2)n1. The monoisotopic (exact) mass is 392 g/mol. The molecule has 28 heavy (non-hydrogen) atoms. The Morgan fingerprint density at radius 1 is 1.25 bits per heavy atom. The van der Waals surface area contributed by atoms with Crippen LogP contribution in [0.2, 0.25) is 0 Å². The van der Waals surface area contributed by atoms with Crippen molar-refractivity contribution >= 4 is 5.82 Å². The lowest BCUT2D eigenvalue weighted by atomic mass is 10.2. The molecule has 148 valence electrons. The minimum Gasteiger partial charge on any atom is -0.481 e. The van der Waals surface area contributed by atoms with Crippen LogP contribution in [-0.2, 0) is 26.2 Å². The van der Waals surface area contributed by atoms with Crippen LogP contribution in [0, 0.1) is 0 Å². The van der Waals surface area contributed by atoms with E-state index in [4.69, 9.17) is 4.74 Å². The molecule has 0 saturated carbocycles. The van der Waals surface area contributed by atoms with Gasteiger partial charge in [-0.25, -0.2) is 14.6 Å². The highest BCUT2D eigenvalue weighted by Crippen LogP contribution is 2.31. The number of hydrogen-bond acceptors (Lipinski definition) is 6. The summed E-state index contributed by atoms with van der Waals surface area (Å²) < 4.78 is 46.9. The van der Waals surface area contributed by atoms with E-state index in [1.54, 1.807) is 23.9 Å². The number of ether oxygens (including phenoxy) is 1. The van der Waals surface area contributed by atoms with E-state index >= 15 is 0 Å². The first-order chi connectivity index (χ1) is 13.3. The molecule has 3 heterocycles. The van der Waals surface area contributed by atoms with Crippen molar-refractivity contribution in [2.45, 2.75) is 26.1 Å². The summed E-state index contributed by atoms with van der Waals surface area (Å²) in [5.41, 5.74) is 0.926. The van der Waals surface area contributed by atoms with Gasteiger partial charge in [0.25, 0.3) is 0 Å². The molecular weight excluding hydrogens is 373 g/mol. The van der Waals surface area contributed by atoms with Gasteiger partial charge in [0, 0.05) is 37.6 Å². The first-order valence-electron chi connectivity index (χ1n) is 8.52. The lowest BCUT2D eigenvalue weighted by Crippen LogP contribution is -2.12. The van der Waals surface area contributed by atoms with Crippen molar-refractivity contribution in [3.05, 3.63) is 47.5 Å². The zero-order valence-electron chi connectivity index (χ0n) is 15.6.